The molecule has 0 aromatic heterocycles. The maximum absolute atomic E-state index is 12.9. The molecule has 70 heavy (non-hydrogen) atoms. The molecular weight excluding hydrogens is 861 g/mol. The Bertz CT molecular complexity index is 1110. The van der Waals surface area contributed by atoms with Gasteiger partial charge < -0.3 is 14.2 Å². The minimum atomic E-state index is -0.537. The van der Waals surface area contributed by atoms with Crippen LogP contribution in [0.2, 0.25) is 0 Å². The van der Waals surface area contributed by atoms with Crippen LogP contribution in [0.1, 0.15) is 342 Å². The molecule has 0 rings (SSSR count). The quantitative estimate of drug-likeness (QED) is 0.0345. The number of ether oxygens (including phenoxy) is 3. The van der Waals surface area contributed by atoms with E-state index in [-0.39, 0.29) is 25.2 Å². The van der Waals surface area contributed by atoms with Gasteiger partial charge in [-0.2, -0.15) is 0 Å². The average molecular weight is 984 g/mol. The van der Waals surface area contributed by atoms with Crippen molar-refractivity contribution < 1.29 is 23.8 Å². The molecule has 0 fully saturated rings. The summed E-state index contributed by atoms with van der Waals surface area (Å²) >= 11 is 0. The van der Waals surface area contributed by atoms with Crippen LogP contribution < -0.4 is 0 Å². The Hall–Kier alpha value is -1.88. The molecule has 1 atom stereocenters. The van der Waals surface area contributed by atoms with E-state index < -0.39 is 6.10 Å². The molecule has 0 saturated carbocycles. The van der Waals surface area contributed by atoms with Gasteiger partial charge in [0.25, 0.3) is 0 Å². The number of esters is 2. The van der Waals surface area contributed by atoms with Crippen LogP contribution in [-0.2, 0) is 23.8 Å². The summed E-state index contributed by atoms with van der Waals surface area (Å²) in [4.78, 5) is 25.6. The Labute approximate surface area is 438 Å². The van der Waals surface area contributed by atoms with Crippen molar-refractivity contribution in [3.63, 3.8) is 0 Å². The number of rotatable bonds is 59. The van der Waals surface area contributed by atoms with Crippen LogP contribution in [-0.4, -0.2) is 37.9 Å². The van der Waals surface area contributed by atoms with Crippen molar-refractivity contribution in [3.05, 3.63) is 36.5 Å². The van der Waals surface area contributed by atoms with Crippen molar-refractivity contribution in [2.24, 2.45) is 0 Å². The molecule has 0 aromatic rings. The molecule has 5 heteroatoms. The first-order chi connectivity index (χ1) is 34.6. The van der Waals surface area contributed by atoms with Crippen molar-refractivity contribution in [3.8, 4) is 0 Å². The number of hydrogen-bond acceptors (Lipinski definition) is 5. The maximum Gasteiger partial charge on any atom is 0.306 e. The minimum Gasteiger partial charge on any atom is -0.462 e. The first kappa shape index (κ1) is 68.1. The third-order valence-corrected chi connectivity index (χ3v) is 14.2. The smallest absolute Gasteiger partial charge is 0.306 e. The van der Waals surface area contributed by atoms with Gasteiger partial charge in [-0.05, 0) is 57.8 Å². The first-order valence-corrected chi connectivity index (χ1v) is 31.5. The van der Waals surface area contributed by atoms with Gasteiger partial charge >= 0.3 is 11.9 Å². The summed E-state index contributed by atoms with van der Waals surface area (Å²) in [7, 11) is 0. The molecule has 0 amide bonds. The second-order valence-electron chi connectivity index (χ2n) is 21.3. The molecule has 0 aliphatic heterocycles. The zero-order valence-electron chi connectivity index (χ0n) is 47.6. The van der Waals surface area contributed by atoms with E-state index >= 15 is 0 Å². The monoisotopic (exact) mass is 983 g/mol. The van der Waals surface area contributed by atoms with Crippen LogP contribution in [0.25, 0.3) is 0 Å². The van der Waals surface area contributed by atoms with Crippen LogP contribution in [0, 0.1) is 0 Å². The zero-order valence-corrected chi connectivity index (χ0v) is 47.6. The van der Waals surface area contributed by atoms with Crippen LogP contribution in [0.15, 0.2) is 36.5 Å². The van der Waals surface area contributed by atoms with Crippen molar-refractivity contribution in [2.75, 3.05) is 19.8 Å². The molecule has 412 valence electrons. The number of allylic oxidation sites excluding steroid dienone is 6. The molecular formula is C65H122O5. The highest BCUT2D eigenvalue weighted by molar-refractivity contribution is 5.70. The van der Waals surface area contributed by atoms with Gasteiger partial charge in [0.2, 0.25) is 0 Å². The van der Waals surface area contributed by atoms with E-state index in [1.54, 1.807) is 0 Å². The second-order valence-corrected chi connectivity index (χ2v) is 21.3. The molecule has 5 nitrogen and oxygen atoms in total. The van der Waals surface area contributed by atoms with Gasteiger partial charge in [-0.3, -0.25) is 9.59 Å². The summed E-state index contributed by atoms with van der Waals surface area (Å²) in [5.74, 6) is -0.377. The lowest BCUT2D eigenvalue weighted by atomic mass is 10.0. The van der Waals surface area contributed by atoms with Gasteiger partial charge in [0.05, 0.1) is 6.61 Å². The predicted molar refractivity (Wildman–Crippen MR) is 307 cm³/mol. The number of unbranched alkanes of at least 4 members (excludes halogenated alkanes) is 42. The second kappa shape index (κ2) is 61.4. The molecule has 0 aromatic carbocycles. The highest BCUT2D eigenvalue weighted by Crippen LogP contribution is 2.17. The number of carbonyl (C=O) groups is 2. The SMILES string of the molecule is CCCCC/C=C\C/C=C\C/C=C\CCCCCCCCCOCC(COC(=O)CCCCCCCCCCCCCCCCCCCCC)OC(=O)CCCCCCCCCCCCCCCCC. The standard InChI is InChI=1S/C65H122O5/c1-4-7-10-13-16-19-22-25-28-30-32-34-36-39-42-45-48-51-54-57-60-68-61-63(70-65(67)59-56-53-50-47-44-41-37-27-24-21-18-15-12-9-6-3)62-69-64(66)58-55-52-49-46-43-40-38-35-33-31-29-26-23-20-17-14-11-8-5-2/h16,19,25,28,32,34,63H,4-15,17-18,20-24,26-27,29-31,33,35-62H2,1-3H3/b19-16-,28-25-,34-32-. The molecule has 0 saturated heterocycles. The van der Waals surface area contributed by atoms with Crippen molar-refractivity contribution in [1.29, 1.82) is 0 Å². The summed E-state index contributed by atoms with van der Waals surface area (Å²) in [6, 6.07) is 0. The molecule has 0 aliphatic carbocycles. The number of carbonyl (C=O) groups excluding carboxylic acids is 2. The van der Waals surface area contributed by atoms with Gasteiger partial charge in [0.1, 0.15) is 6.61 Å². The van der Waals surface area contributed by atoms with E-state index in [9.17, 15) is 9.59 Å². The lowest BCUT2D eigenvalue weighted by Crippen LogP contribution is -2.30. The van der Waals surface area contributed by atoms with Crippen LogP contribution in [0.5, 0.6) is 0 Å². The molecule has 0 spiro atoms. The van der Waals surface area contributed by atoms with Gasteiger partial charge in [0.15, 0.2) is 6.10 Å². The molecule has 1 unspecified atom stereocenters. The molecule has 0 heterocycles. The van der Waals surface area contributed by atoms with E-state index in [1.165, 1.54) is 257 Å². The summed E-state index contributed by atoms with van der Waals surface area (Å²) in [6.07, 6.45) is 76.0. The average Bonchev–Trinajstić information content (AvgIpc) is 3.36. The fourth-order valence-corrected chi connectivity index (χ4v) is 9.46. The van der Waals surface area contributed by atoms with Gasteiger partial charge in [-0.1, -0.05) is 308 Å². The van der Waals surface area contributed by atoms with Gasteiger partial charge in [-0.25, -0.2) is 0 Å². The highest BCUT2D eigenvalue weighted by Gasteiger charge is 2.18. The Morgan fingerprint density at radius 1 is 0.314 bits per heavy atom. The topological polar surface area (TPSA) is 61.8 Å². The normalized spacial score (nSPS) is 12.3. The summed E-state index contributed by atoms with van der Waals surface area (Å²) in [5, 5.41) is 0. The van der Waals surface area contributed by atoms with Crippen LogP contribution >= 0.6 is 0 Å². The largest absolute Gasteiger partial charge is 0.462 e. The molecule has 0 aliphatic rings. The fraction of sp³-hybridized carbons (Fsp3) is 0.877. The maximum atomic E-state index is 12.9. The van der Waals surface area contributed by atoms with Gasteiger partial charge in [-0.15, -0.1) is 0 Å². The first-order valence-electron chi connectivity index (χ1n) is 31.5. The van der Waals surface area contributed by atoms with Crippen molar-refractivity contribution in [2.45, 2.75) is 348 Å². The molecule has 0 N–H and O–H groups in total. The van der Waals surface area contributed by atoms with Crippen molar-refractivity contribution >= 4 is 11.9 Å². The van der Waals surface area contributed by atoms with E-state index in [1.807, 2.05) is 0 Å². The Morgan fingerprint density at radius 2 is 0.600 bits per heavy atom. The summed E-state index contributed by atoms with van der Waals surface area (Å²) < 4.78 is 17.5. The highest BCUT2D eigenvalue weighted by atomic mass is 16.6. The van der Waals surface area contributed by atoms with E-state index in [0.717, 1.165) is 51.4 Å². The lowest BCUT2D eigenvalue weighted by molar-refractivity contribution is -0.163. The number of hydrogen-bond donors (Lipinski definition) is 0. The molecule has 0 bridgehead atoms. The van der Waals surface area contributed by atoms with E-state index in [0.29, 0.717) is 19.4 Å². The third-order valence-electron chi connectivity index (χ3n) is 14.2. The van der Waals surface area contributed by atoms with E-state index in [4.69, 9.17) is 14.2 Å². The zero-order chi connectivity index (χ0) is 50.6. The summed E-state index contributed by atoms with van der Waals surface area (Å²) in [6.45, 7) is 7.86. The van der Waals surface area contributed by atoms with E-state index in [2.05, 4.69) is 57.2 Å². The Balaban J connectivity index is 4.23. The minimum absolute atomic E-state index is 0.0886. The Morgan fingerprint density at radius 3 is 0.986 bits per heavy atom. The third kappa shape index (κ3) is 58.7. The predicted octanol–water partition coefficient (Wildman–Crippen LogP) is 21.7. The molecule has 0 radical (unpaired) electrons. The van der Waals surface area contributed by atoms with Gasteiger partial charge in [0, 0.05) is 19.4 Å². The summed E-state index contributed by atoms with van der Waals surface area (Å²) in [5.41, 5.74) is 0. The fourth-order valence-electron chi connectivity index (χ4n) is 9.46. The lowest BCUT2D eigenvalue weighted by Gasteiger charge is -2.18. The Kier molecular flexibility index (Phi) is 59.8. The van der Waals surface area contributed by atoms with Crippen LogP contribution in [0.3, 0.4) is 0 Å². The van der Waals surface area contributed by atoms with Crippen LogP contribution in [0.4, 0.5) is 0 Å². The van der Waals surface area contributed by atoms with Crippen molar-refractivity contribution in [1.82, 2.24) is 0 Å².